The Labute approximate surface area is 194 Å². The highest BCUT2D eigenvalue weighted by Crippen LogP contribution is 2.29. The van der Waals surface area contributed by atoms with Crippen molar-refractivity contribution in [1.29, 1.82) is 0 Å². The van der Waals surface area contributed by atoms with Gasteiger partial charge in [-0.15, -0.1) is 0 Å². The van der Waals surface area contributed by atoms with E-state index in [1.807, 2.05) is 78.9 Å². The highest BCUT2D eigenvalue weighted by molar-refractivity contribution is 5.82. The molecule has 4 aromatic rings. The summed E-state index contributed by atoms with van der Waals surface area (Å²) in [6.45, 7) is 0.795. The molecule has 4 rings (SSSR count). The molecule has 0 saturated carbocycles. The minimum atomic E-state index is -1.07. The van der Waals surface area contributed by atoms with E-state index in [1.165, 1.54) is 0 Å². The second-order valence-corrected chi connectivity index (χ2v) is 7.70. The van der Waals surface area contributed by atoms with E-state index in [1.54, 1.807) is 12.1 Å². The molecule has 0 aliphatic heterocycles. The largest absolute Gasteiger partial charge is 0.508 e. The molecule has 4 nitrogen and oxygen atoms in total. The fraction of sp³-hybridized carbons (Fsp3) is 0.103. The maximum atomic E-state index is 10.3. The molecule has 0 aliphatic rings. The molecule has 33 heavy (non-hydrogen) atoms. The van der Waals surface area contributed by atoms with Crippen LogP contribution >= 0.6 is 0 Å². The summed E-state index contributed by atoms with van der Waals surface area (Å²) in [5.74, 6) is 0.254. The van der Waals surface area contributed by atoms with Crippen molar-refractivity contribution in [3.63, 3.8) is 0 Å². The molecule has 3 N–H and O–H groups in total. The number of aromatic hydroxyl groups is 1. The Morgan fingerprint density at radius 1 is 0.727 bits per heavy atom. The number of hydrogen-bond acceptors (Lipinski definition) is 4. The van der Waals surface area contributed by atoms with Crippen molar-refractivity contribution in [2.24, 2.45) is 0 Å². The summed E-state index contributed by atoms with van der Waals surface area (Å²) in [6.07, 6.45) is 3.03. The van der Waals surface area contributed by atoms with Crippen molar-refractivity contribution >= 4 is 12.2 Å². The molecule has 0 spiro atoms. The predicted molar refractivity (Wildman–Crippen MR) is 133 cm³/mol. The van der Waals surface area contributed by atoms with E-state index in [9.17, 15) is 10.2 Å². The number of benzene rings is 4. The van der Waals surface area contributed by atoms with Crippen LogP contribution in [-0.2, 0) is 17.9 Å². The first-order valence-electron chi connectivity index (χ1n) is 10.9. The maximum absolute atomic E-state index is 10.3. The third-order valence-electron chi connectivity index (χ3n) is 5.33. The van der Waals surface area contributed by atoms with Gasteiger partial charge in [-0.3, -0.25) is 5.32 Å². The van der Waals surface area contributed by atoms with Crippen molar-refractivity contribution in [3.8, 4) is 16.9 Å². The molecular formula is C29H27NO3. The van der Waals surface area contributed by atoms with Crippen LogP contribution < -0.4 is 5.32 Å². The predicted octanol–water partition coefficient (Wildman–Crippen LogP) is 5.81. The van der Waals surface area contributed by atoms with Crippen LogP contribution in [0, 0.1) is 0 Å². The Kier molecular flexibility index (Phi) is 7.67. The first-order chi connectivity index (χ1) is 16.2. The van der Waals surface area contributed by atoms with Crippen molar-refractivity contribution in [2.45, 2.75) is 19.6 Å². The van der Waals surface area contributed by atoms with E-state index in [0.29, 0.717) is 13.2 Å². The number of aliphatic hydroxyl groups is 1. The van der Waals surface area contributed by atoms with Gasteiger partial charge in [0.05, 0.1) is 6.61 Å². The molecule has 1 unspecified atom stereocenters. The number of ether oxygens (including phenoxy) is 1. The lowest BCUT2D eigenvalue weighted by molar-refractivity contribution is -0.129. The third kappa shape index (κ3) is 6.40. The van der Waals surface area contributed by atoms with Crippen molar-refractivity contribution in [1.82, 2.24) is 5.32 Å². The number of hydrogen-bond donors (Lipinski definition) is 3. The lowest BCUT2D eigenvalue weighted by atomic mass is 9.95. The number of nitrogens with one attached hydrogen (secondary N) is 1. The zero-order valence-electron chi connectivity index (χ0n) is 18.3. The average molecular weight is 438 g/mol. The Morgan fingerprint density at radius 2 is 1.39 bits per heavy atom. The lowest BCUT2D eigenvalue weighted by Gasteiger charge is -2.17. The Morgan fingerprint density at radius 3 is 2.18 bits per heavy atom. The fourth-order valence-corrected chi connectivity index (χ4v) is 3.60. The van der Waals surface area contributed by atoms with Crippen molar-refractivity contribution in [2.75, 3.05) is 0 Å². The van der Waals surface area contributed by atoms with Gasteiger partial charge in [-0.05, 0) is 45.5 Å². The Bertz CT molecular complexity index is 1190. The lowest BCUT2D eigenvalue weighted by Crippen LogP contribution is -2.31. The van der Waals surface area contributed by atoms with Gasteiger partial charge >= 0.3 is 0 Å². The molecule has 0 saturated heterocycles. The summed E-state index contributed by atoms with van der Waals surface area (Å²) in [5, 5.41) is 22.8. The monoisotopic (exact) mass is 437 g/mol. The van der Waals surface area contributed by atoms with E-state index >= 15 is 0 Å². The molecule has 0 radical (unpaired) electrons. The van der Waals surface area contributed by atoms with E-state index in [2.05, 4.69) is 29.6 Å². The number of phenolic OH excluding ortho intramolecular Hbond substituents is 1. The van der Waals surface area contributed by atoms with Gasteiger partial charge in [0.25, 0.3) is 0 Å². The number of rotatable bonds is 9. The minimum absolute atomic E-state index is 0.254. The van der Waals surface area contributed by atoms with E-state index in [-0.39, 0.29) is 5.75 Å². The van der Waals surface area contributed by atoms with E-state index in [0.717, 1.165) is 33.4 Å². The summed E-state index contributed by atoms with van der Waals surface area (Å²) in [5.41, 5.74) is 6.35. The third-order valence-corrected chi connectivity index (χ3v) is 5.33. The molecule has 1 atom stereocenters. The first-order valence-corrected chi connectivity index (χ1v) is 10.9. The Hall–Kier alpha value is -3.70. The standard InChI is InChI=1S/C29H27NO3/c31-26-18-15-22(16-19-26)14-17-24-10-4-6-12-27(24)28-13-7-5-11-25(28)20-30-29(32)33-21-23-8-2-1-3-9-23/h1-19,29-32H,20-21H2. The summed E-state index contributed by atoms with van der Waals surface area (Å²) >= 11 is 0. The van der Waals surface area contributed by atoms with Crippen LogP contribution in [0.1, 0.15) is 22.3 Å². The van der Waals surface area contributed by atoms with Gasteiger partial charge in [0.2, 0.25) is 6.41 Å². The van der Waals surface area contributed by atoms with Gasteiger partial charge in [0.1, 0.15) is 5.75 Å². The van der Waals surface area contributed by atoms with Gasteiger partial charge < -0.3 is 14.9 Å². The SMILES string of the molecule is Oc1ccc(C=Cc2ccccc2-c2ccccc2CNC(O)OCc2ccccc2)cc1. The molecule has 4 aromatic carbocycles. The zero-order chi connectivity index (χ0) is 22.9. The van der Waals surface area contributed by atoms with Crippen LogP contribution in [0.5, 0.6) is 5.75 Å². The van der Waals surface area contributed by atoms with Crippen LogP contribution in [0.25, 0.3) is 23.3 Å². The molecule has 0 bridgehead atoms. The zero-order valence-corrected chi connectivity index (χ0v) is 18.3. The number of phenols is 1. The molecule has 0 heterocycles. The summed E-state index contributed by atoms with van der Waals surface area (Å²) in [7, 11) is 0. The minimum Gasteiger partial charge on any atom is -0.508 e. The topological polar surface area (TPSA) is 61.7 Å². The van der Waals surface area contributed by atoms with Crippen molar-refractivity contribution < 1.29 is 14.9 Å². The quantitative estimate of drug-likeness (QED) is 0.228. The first kappa shape index (κ1) is 22.5. The second kappa shape index (κ2) is 11.2. The molecular weight excluding hydrogens is 410 g/mol. The van der Waals surface area contributed by atoms with E-state index < -0.39 is 6.41 Å². The fourth-order valence-electron chi connectivity index (χ4n) is 3.60. The summed E-state index contributed by atoms with van der Waals surface area (Å²) in [6, 6.07) is 33.2. The number of aliphatic hydroxyl groups excluding tert-OH is 1. The van der Waals surface area contributed by atoms with Crippen LogP contribution in [0.4, 0.5) is 0 Å². The molecule has 0 fully saturated rings. The van der Waals surface area contributed by atoms with Crippen LogP contribution in [0.3, 0.4) is 0 Å². The second-order valence-electron chi connectivity index (χ2n) is 7.70. The average Bonchev–Trinajstić information content (AvgIpc) is 2.87. The normalized spacial score (nSPS) is 12.2. The summed E-state index contributed by atoms with van der Waals surface area (Å²) < 4.78 is 5.53. The van der Waals surface area contributed by atoms with Crippen LogP contribution in [-0.4, -0.2) is 16.6 Å². The Balaban J connectivity index is 1.47. The van der Waals surface area contributed by atoms with Gasteiger partial charge in [0.15, 0.2) is 0 Å². The maximum Gasteiger partial charge on any atom is 0.214 e. The molecule has 4 heteroatoms. The van der Waals surface area contributed by atoms with Gasteiger partial charge in [-0.25, -0.2) is 0 Å². The van der Waals surface area contributed by atoms with Gasteiger partial charge in [0, 0.05) is 6.54 Å². The van der Waals surface area contributed by atoms with Gasteiger partial charge in [-0.1, -0.05) is 103 Å². The van der Waals surface area contributed by atoms with Crippen molar-refractivity contribution in [3.05, 3.63) is 125 Å². The van der Waals surface area contributed by atoms with Gasteiger partial charge in [-0.2, -0.15) is 0 Å². The molecule has 0 aromatic heterocycles. The van der Waals surface area contributed by atoms with E-state index in [4.69, 9.17) is 4.74 Å². The van der Waals surface area contributed by atoms with Crippen LogP contribution in [0.2, 0.25) is 0 Å². The van der Waals surface area contributed by atoms with Crippen LogP contribution in [0.15, 0.2) is 103 Å². The molecule has 0 aliphatic carbocycles. The molecule has 0 amide bonds. The smallest absolute Gasteiger partial charge is 0.214 e. The molecule has 166 valence electrons. The summed E-state index contributed by atoms with van der Waals surface area (Å²) in [4.78, 5) is 0. The highest BCUT2D eigenvalue weighted by atomic mass is 16.6. The highest BCUT2D eigenvalue weighted by Gasteiger charge is 2.10.